The van der Waals surface area contributed by atoms with Gasteiger partial charge < -0.3 is 4.74 Å². The van der Waals surface area contributed by atoms with Gasteiger partial charge in [-0.15, -0.1) is 0 Å². The number of benzene rings is 1. The summed E-state index contributed by atoms with van der Waals surface area (Å²) in [6, 6.07) is 8.68. The van der Waals surface area contributed by atoms with Crippen molar-refractivity contribution < 1.29 is 4.74 Å². The Morgan fingerprint density at radius 1 is 1.27 bits per heavy atom. The predicted molar refractivity (Wildman–Crippen MR) is 63.0 cm³/mol. The molecule has 1 atom stereocenters. The molecule has 0 aromatic heterocycles. The van der Waals surface area contributed by atoms with Crippen molar-refractivity contribution >= 4 is 0 Å². The maximum atomic E-state index is 5.39. The van der Waals surface area contributed by atoms with Gasteiger partial charge in [0.15, 0.2) is 0 Å². The van der Waals surface area contributed by atoms with Crippen molar-refractivity contribution in [2.24, 2.45) is 0 Å². The summed E-state index contributed by atoms with van der Waals surface area (Å²) in [6.07, 6.45) is 1.01. The molecular weight excluding hydrogens is 188 g/mol. The Morgan fingerprint density at radius 2 is 1.93 bits per heavy atom. The number of ether oxygens (including phenoxy) is 1. The third-order valence-corrected chi connectivity index (χ3v) is 2.17. The number of hydrogen-bond donors (Lipinski definition) is 2. The highest BCUT2D eigenvalue weighted by atomic mass is 16.5. The van der Waals surface area contributed by atoms with Crippen molar-refractivity contribution in [1.29, 1.82) is 0 Å². The average molecular weight is 208 g/mol. The van der Waals surface area contributed by atoms with Crippen molar-refractivity contribution in [2.75, 3.05) is 13.7 Å². The zero-order valence-electron chi connectivity index (χ0n) is 9.71. The molecule has 0 heterocycles. The van der Waals surface area contributed by atoms with Gasteiger partial charge in [-0.05, 0) is 45.0 Å². The molecule has 0 aliphatic carbocycles. The first-order valence-corrected chi connectivity index (χ1v) is 5.40. The number of nitrogens with one attached hydrogen (secondary N) is 2. The standard InChI is InChI=1S/C12H20N2O/c1-4-15-12-7-5-11(6-8-12)9-10(2)14-13-3/h5-8,10,13-14H,4,9H2,1-3H3. The van der Waals surface area contributed by atoms with Crippen LogP contribution in [0.2, 0.25) is 0 Å². The van der Waals surface area contributed by atoms with E-state index in [1.807, 2.05) is 26.1 Å². The molecule has 0 bridgehead atoms. The number of hydrazine groups is 1. The second-order valence-electron chi connectivity index (χ2n) is 3.58. The van der Waals surface area contributed by atoms with Gasteiger partial charge in [0.1, 0.15) is 5.75 Å². The van der Waals surface area contributed by atoms with Crippen LogP contribution in [0.4, 0.5) is 0 Å². The van der Waals surface area contributed by atoms with Gasteiger partial charge in [-0.25, -0.2) is 0 Å². The fraction of sp³-hybridized carbons (Fsp3) is 0.500. The molecule has 84 valence electrons. The monoisotopic (exact) mass is 208 g/mol. The molecule has 0 spiro atoms. The van der Waals surface area contributed by atoms with Crippen LogP contribution in [0.1, 0.15) is 19.4 Å². The molecule has 1 unspecified atom stereocenters. The Hall–Kier alpha value is -1.06. The predicted octanol–water partition coefficient (Wildman–Crippen LogP) is 1.74. The van der Waals surface area contributed by atoms with Crippen LogP contribution in [0.3, 0.4) is 0 Å². The van der Waals surface area contributed by atoms with Gasteiger partial charge in [0.05, 0.1) is 6.61 Å². The van der Waals surface area contributed by atoms with Gasteiger partial charge in [-0.1, -0.05) is 12.1 Å². The number of hydrogen-bond acceptors (Lipinski definition) is 3. The summed E-state index contributed by atoms with van der Waals surface area (Å²) in [4.78, 5) is 0. The lowest BCUT2D eigenvalue weighted by molar-refractivity contribution is 0.340. The largest absolute Gasteiger partial charge is 0.494 e. The zero-order valence-corrected chi connectivity index (χ0v) is 9.71. The lowest BCUT2D eigenvalue weighted by atomic mass is 10.1. The van der Waals surface area contributed by atoms with Gasteiger partial charge in [-0.2, -0.15) is 0 Å². The smallest absolute Gasteiger partial charge is 0.119 e. The summed E-state index contributed by atoms with van der Waals surface area (Å²) in [6.45, 7) is 4.86. The highest BCUT2D eigenvalue weighted by Crippen LogP contribution is 2.13. The van der Waals surface area contributed by atoms with Gasteiger partial charge in [-0.3, -0.25) is 10.9 Å². The van der Waals surface area contributed by atoms with Crippen LogP contribution in [0.15, 0.2) is 24.3 Å². The van der Waals surface area contributed by atoms with Crippen LogP contribution in [0, 0.1) is 0 Å². The fourth-order valence-corrected chi connectivity index (χ4v) is 1.54. The summed E-state index contributed by atoms with van der Waals surface area (Å²) in [5.74, 6) is 0.940. The molecular formula is C12H20N2O. The van der Waals surface area contributed by atoms with E-state index in [4.69, 9.17) is 4.74 Å². The molecule has 15 heavy (non-hydrogen) atoms. The Labute approximate surface area is 91.8 Å². The molecule has 0 aliphatic heterocycles. The highest BCUT2D eigenvalue weighted by molar-refractivity contribution is 5.27. The van der Waals surface area contributed by atoms with Gasteiger partial charge in [0, 0.05) is 6.04 Å². The topological polar surface area (TPSA) is 33.3 Å². The van der Waals surface area contributed by atoms with Crippen molar-refractivity contribution in [1.82, 2.24) is 10.9 Å². The average Bonchev–Trinajstić information content (AvgIpc) is 2.22. The van der Waals surface area contributed by atoms with Crippen LogP contribution in [-0.2, 0) is 6.42 Å². The Bertz CT molecular complexity index is 271. The minimum Gasteiger partial charge on any atom is -0.494 e. The van der Waals surface area contributed by atoms with E-state index in [2.05, 4.69) is 29.9 Å². The third kappa shape index (κ3) is 4.32. The van der Waals surface area contributed by atoms with Crippen LogP contribution in [0.5, 0.6) is 5.75 Å². The first-order chi connectivity index (χ1) is 7.26. The Balaban J connectivity index is 2.48. The molecule has 3 nitrogen and oxygen atoms in total. The molecule has 0 radical (unpaired) electrons. The molecule has 0 saturated carbocycles. The van der Waals surface area contributed by atoms with E-state index in [1.165, 1.54) is 5.56 Å². The minimum atomic E-state index is 0.424. The molecule has 0 fully saturated rings. The van der Waals surface area contributed by atoms with Crippen molar-refractivity contribution in [2.45, 2.75) is 26.3 Å². The molecule has 1 aromatic rings. The summed E-state index contributed by atoms with van der Waals surface area (Å²) >= 11 is 0. The summed E-state index contributed by atoms with van der Waals surface area (Å²) in [7, 11) is 1.88. The SMILES string of the molecule is CCOc1ccc(CC(C)NNC)cc1. The molecule has 1 aromatic carbocycles. The second-order valence-corrected chi connectivity index (χ2v) is 3.58. The van der Waals surface area contributed by atoms with Gasteiger partial charge >= 0.3 is 0 Å². The summed E-state index contributed by atoms with van der Waals surface area (Å²) in [5, 5.41) is 0. The van der Waals surface area contributed by atoms with Gasteiger partial charge in [0.25, 0.3) is 0 Å². The van der Waals surface area contributed by atoms with Crippen molar-refractivity contribution in [3.8, 4) is 5.75 Å². The maximum absolute atomic E-state index is 5.39. The van der Waals surface area contributed by atoms with E-state index in [1.54, 1.807) is 0 Å². The molecule has 0 saturated heterocycles. The van der Waals surface area contributed by atoms with Crippen LogP contribution >= 0.6 is 0 Å². The number of rotatable bonds is 6. The van der Waals surface area contributed by atoms with Crippen LogP contribution < -0.4 is 15.6 Å². The molecule has 2 N–H and O–H groups in total. The van der Waals surface area contributed by atoms with E-state index < -0.39 is 0 Å². The van der Waals surface area contributed by atoms with E-state index in [0.717, 1.165) is 18.8 Å². The van der Waals surface area contributed by atoms with Crippen molar-refractivity contribution in [3.05, 3.63) is 29.8 Å². The van der Waals surface area contributed by atoms with E-state index >= 15 is 0 Å². The summed E-state index contributed by atoms with van der Waals surface area (Å²) < 4.78 is 5.39. The lowest BCUT2D eigenvalue weighted by Gasteiger charge is -2.12. The van der Waals surface area contributed by atoms with Crippen LogP contribution in [-0.4, -0.2) is 19.7 Å². The second kappa shape index (κ2) is 6.43. The first kappa shape index (κ1) is 12.0. The quantitative estimate of drug-likeness (QED) is 0.699. The molecule has 3 heteroatoms. The summed E-state index contributed by atoms with van der Waals surface area (Å²) in [5.41, 5.74) is 7.41. The normalized spacial score (nSPS) is 12.5. The lowest BCUT2D eigenvalue weighted by Crippen LogP contribution is -2.37. The Morgan fingerprint density at radius 3 is 2.47 bits per heavy atom. The Kier molecular flexibility index (Phi) is 5.15. The molecule has 1 rings (SSSR count). The van der Waals surface area contributed by atoms with E-state index in [0.29, 0.717) is 6.04 Å². The minimum absolute atomic E-state index is 0.424. The zero-order chi connectivity index (χ0) is 11.1. The van der Waals surface area contributed by atoms with Gasteiger partial charge in [0.2, 0.25) is 0 Å². The maximum Gasteiger partial charge on any atom is 0.119 e. The molecule has 0 amide bonds. The van der Waals surface area contributed by atoms with Crippen LogP contribution in [0.25, 0.3) is 0 Å². The fourth-order valence-electron chi connectivity index (χ4n) is 1.54. The third-order valence-electron chi connectivity index (χ3n) is 2.17. The first-order valence-electron chi connectivity index (χ1n) is 5.40. The van der Waals surface area contributed by atoms with Crippen molar-refractivity contribution in [3.63, 3.8) is 0 Å². The van der Waals surface area contributed by atoms with E-state index in [9.17, 15) is 0 Å². The highest BCUT2D eigenvalue weighted by Gasteiger charge is 2.01. The molecule has 0 aliphatic rings. The van der Waals surface area contributed by atoms with E-state index in [-0.39, 0.29) is 0 Å².